The van der Waals surface area contributed by atoms with Crippen molar-refractivity contribution in [3.63, 3.8) is 0 Å². The number of nitrogens with one attached hydrogen (secondary N) is 1. The lowest BCUT2D eigenvalue weighted by Gasteiger charge is -2.28. The summed E-state index contributed by atoms with van der Waals surface area (Å²) in [5, 5.41) is 2.94. The zero-order valence-corrected chi connectivity index (χ0v) is 14.7. The molecule has 26 heavy (non-hydrogen) atoms. The van der Waals surface area contributed by atoms with Crippen LogP contribution in [-0.4, -0.2) is 44.2 Å². The summed E-state index contributed by atoms with van der Waals surface area (Å²) in [6, 6.07) is -0.0745. The topological polar surface area (TPSA) is 81.9 Å². The van der Waals surface area contributed by atoms with Gasteiger partial charge in [-0.25, -0.2) is 15.0 Å². The van der Waals surface area contributed by atoms with Gasteiger partial charge in [-0.05, 0) is 38.2 Å². The van der Waals surface area contributed by atoms with E-state index in [2.05, 4.69) is 25.0 Å². The highest BCUT2D eigenvalue weighted by Crippen LogP contribution is 2.23. The van der Waals surface area contributed by atoms with Crippen molar-refractivity contribution in [1.29, 1.82) is 0 Å². The minimum absolute atomic E-state index is 0.0745. The van der Waals surface area contributed by atoms with Crippen LogP contribution in [0.4, 0.5) is 8.78 Å². The van der Waals surface area contributed by atoms with Crippen LogP contribution in [-0.2, 0) is 11.8 Å². The van der Waals surface area contributed by atoms with Gasteiger partial charge in [0.15, 0.2) is 5.82 Å². The van der Waals surface area contributed by atoms with Gasteiger partial charge in [0.25, 0.3) is 5.91 Å². The molecule has 0 atom stereocenters. The normalized spacial score (nSPS) is 20.3. The third-order valence-corrected chi connectivity index (χ3v) is 4.54. The molecule has 0 saturated heterocycles. The summed E-state index contributed by atoms with van der Waals surface area (Å²) in [6.45, 7) is -0.977. The molecule has 140 valence electrons. The largest absolute Gasteiger partial charge is 0.348 e. The number of aromatic nitrogens is 4. The van der Waals surface area contributed by atoms with Gasteiger partial charge in [0.1, 0.15) is 11.4 Å². The number of carbonyl (C=O) groups excluding carboxylic acids is 1. The quantitative estimate of drug-likeness (QED) is 0.880. The van der Waals surface area contributed by atoms with Crippen LogP contribution in [0, 0.1) is 6.92 Å². The van der Waals surface area contributed by atoms with Crippen LogP contribution >= 0.6 is 0 Å². The maximum Gasteiger partial charge on any atom is 0.345 e. The van der Waals surface area contributed by atoms with Gasteiger partial charge >= 0.3 is 6.61 Å². The van der Waals surface area contributed by atoms with Crippen molar-refractivity contribution < 1.29 is 18.3 Å². The Morgan fingerprint density at radius 3 is 2.65 bits per heavy atom. The minimum Gasteiger partial charge on any atom is -0.348 e. The molecule has 2 heterocycles. The summed E-state index contributed by atoms with van der Waals surface area (Å²) in [5.74, 6) is 0.140. The number of aryl methyl sites for hydroxylation is 2. The summed E-state index contributed by atoms with van der Waals surface area (Å²) in [5.41, 5.74) is 1.69. The van der Waals surface area contributed by atoms with E-state index in [4.69, 9.17) is 0 Å². The van der Waals surface area contributed by atoms with E-state index in [9.17, 15) is 13.6 Å². The van der Waals surface area contributed by atoms with Gasteiger partial charge in [-0.2, -0.15) is 8.78 Å². The first kappa shape index (κ1) is 18.4. The second-order valence-electron chi connectivity index (χ2n) is 6.46. The summed E-state index contributed by atoms with van der Waals surface area (Å²) in [7, 11) is 1.82. The molecule has 1 saturated carbocycles. The zero-order chi connectivity index (χ0) is 18.7. The lowest BCUT2D eigenvalue weighted by Crippen LogP contribution is -2.40. The summed E-state index contributed by atoms with van der Waals surface area (Å²) < 4.78 is 30.8. The molecular weight excluding hydrogens is 344 g/mol. The first-order valence-electron chi connectivity index (χ1n) is 8.49. The Labute approximate surface area is 149 Å². The molecule has 0 bridgehead atoms. The molecule has 1 fully saturated rings. The molecule has 0 aliphatic heterocycles. The fourth-order valence-electron chi connectivity index (χ4n) is 3.11. The molecule has 9 heteroatoms. The highest BCUT2D eigenvalue weighted by Gasteiger charge is 2.26. The standard InChI is InChI=1S/C17H21F2N5O2/c1-10-7-21-15(13-8-20-9-24(13)2)23-14(10)16(25)22-11-3-5-12(6-4-11)26-17(18)19/h7-9,11-12,17H,3-6H2,1-2H3,(H,22,25). The number of alkyl halides is 2. The predicted molar refractivity (Wildman–Crippen MR) is 89.6 cm³/mol. The Balaban J connectivity index is 1.66. The van der Waals surface area contributed by atoms with Gasteiger partial charge in [0.05, 0.1) is 18.6 Å². The Morgan fingerprint density at radius 1 is 1.31 bits per heavy atom. The third-order valence-electron chi connectivity index (χ3n) is 4.54. The molecule has 7 nitrogen and oxygen atoms in total. The lowest BCUT2D eigenvalue weighted by molar-refractivity contribution is -0.170. The molecule has 2 aromatic heterocycles. The van der Waals surface area contributed by atoms with Crippen LogP contribution in [0.25, 0.3) is 11.5 Å². The maximum absolute atomic E-state index is 12.6. The number of nitrogens with zero attached hydrogens (tertiary/aromatic N) is 4. The molecule has 0 spiro atoms. The second-order valence-corrected chi connectivity index (χ2v) is 6.46. The molecule has 0 aromatic carbocycles. The number of hydrogen-bond donors (Lipinski definition) is 1. The van der Waals surface area contributed by atoms with E-state index in [-0.39, 0.29) is 11.9 Å². The van der Waals surface area contributed by atoms with E-state index >= 15 is 0 Å². The zero-order valence-electron chi connectivity index (χ0n) is 14.7. The fourth-order valence-corrected chi connectivity index (χ4v) is 3.11. The van der Waals surface area contributed by atoms with Crippen molar-refractivity contribution in [2.45, 2.75) is 51.4 Å². The predicted octanol–water partition coefficient (Wildman–Crippen LogP) is 2.47. The van der Waals surface area contributed by atoms with Crippen LogP contribution in [0.3, 0.4) is 0 Å². The van der Waals surface area contributed by atoms with E-state index in [0.29, 0.717) is 48.5 Å². The Kier molecular flexibility index (Phi) is 5.55. The molecule has 3 rings (SSSR count). The highest BCUT2D eigenvalue weighted by molar-refractivity contribution is 5.94. The molecular formula is C17H21F2N5O2. The van der Waals surface area contributed by atoms with Gasteiger partial charge in [-0.1, -0.05) is 0 Å². The highest BCUT2D eigenvalue weighted by atomic mass is 19.3. The molecule has 0 unspecified atom stereocenters. The number of carbonyl (C=O) groups is 1. The third kappa shape index (κ3) is 4.21. The SMILES string of the molecule is Cc1cnc(-c2cncn2C)nc1C(=O)NC1CCC(OC(F)F)CC1. The van der Waals surface area contributed by atoms with Crippen molar-refractivity contribution in [2.75, 3.05) is 0 Å². The average molecular weight is 365 g/mol. The van der Waals surface area contributed by atoms with E-state index in [1.165, 1.54) is 0 Å². The Hall–Kier alpha value is -2.42. The molecule has 1 aliphatic rings. The molecule has 0 radical (unpaired) electrons. The van der Waals surface area contributed by atoms with Crippen molar-refractivity contribution in [2.24, 2.45) is 7.05 Å². The number of halogens is 2. The number of amides is 1. The van der Waals surface area contributed by atoms with Gasteiger partial charge in [-0.15, -0.1) is 0 Å². The number of rotatable bonds is 5. The fraction of sp³-hybridized carbons (Fsp3) is 0.529. The van der Waals surface area contributed by atoms with E-state index in [1.807, 2.05) is 7.05 Å². The van der Waals surface area contributed by atoms with Crippen molar-refractivity contribution in [1.82, 2.24) is 24.8 Å². The number of ether oxygens (including phenoxy) is 1. The molecule has 2 aromatic rings. The van der Waals surface area contributed by atoms with E-state index in [0.717, 1.165) is 0 Å². The van der Waals surface area contributed by atoms with Crippen LogP contribution in [0.2, 0.25) is 0 Å². The van der Waals surface area contributed by atoms with Gasteiger partial charge < -0.3 is 14.6 Å². The number of hydrogen-bond acceptors (Lipinski definition) is 5. The van der Waals surface area contributed by atoms with Crippen molar-refractivity contribution in [3.05, 3.63) is 30.0 Å². The lowest BCUT2D eigenvalue weighted by atomic mass is 9.93. The summed E-state index contributed by atoms with van der Waals surface area (Å²) in [6.07, 6.45) is 6.63. The molecule has 1 aliphatic carbocycles. The Morgan fingerprint density at radius 2 is 2.04 bits per heavy atom. The minimum atomic E-state index is -2.75. The first-order valence-corrected chi connectivity index (χ1v) is 8.49. The molecule has 1 amide bonds. The monoisotopic (exact) mass is 365 g/mol. The van der Waals surface area contributed by atoms with Gasteiger partial charge in [0.2, 0.25) is 0 Å². The van der Waals surface area contributed by atoms with Gasteiger partial charge in [0, 0.05) is 19.3 Å². The molecule has 1 N–H and O–H groups in total. The van der Waals surface area contributed by atoms with Crippen LogP contribution in [0.15, 0.2) is 18.7 Å². The Bertz CT molecular complexity index is 772. The summed E-state index contributed by atoms with van der Waals surface area (Å²) in [4.78, 5) is 25.3. The van der Waals surface area contributed by atoms with Crippen LogP contribution < -0.4 is 5.32 Å². The first-order chi connectivity index (χ1) is 12.4. The smallest absolute Gasteiger partial charge is 0.345 e. The number of imidazole rings is 1. The average Bonchev–Trinajstić information content (AvgIpc) is 3.02. The van der Waals surface area contributed by atoms with E-state index in [1.54, 1.807) is 30.2 Å². The van der Waals surface area contributed by atoms with Gasteiger partial charge in [-0.3, -0.25) is 4.79 Å². The maximum atomic E-state index is 12.6. The van der Waals surface area contributed by atoms with Crippen LogP contribution in [0.5, 0.6) is 0 Å². The van der Waals surface area contributed by atoms with Crippen LogP contribution in [0.1, 0.15) is 41.7 Å². The summed E-state index contributed by atoms with van der Waals surface area (Å²) >= 11 is 0. The van der Waals surface area contributed by atoms with E-state index < -0.39 is 12.7 Å². The second kappa shape index (κ2) is 7.86. The van der Waals surface area contributed by atoms with Crippen molar-refractivity contribution >= 4 is 5.91 Å². The van der Waals surface area contributed by atoms with Crippen molar-refractivity contribution in [3.8, 4) is 11.5 Å².